The molecule has 1 fully saturated rings. The molecule has 0 saturated carbocycles. The van der Waals surface area contributed by atoms with Crippen LogP contribution in [0.1, 0.15) is 73.3 Å². The quantitative estimate of drug-likeness (QED) is 0.434. The van der Waals surface area contributed by atoms with Gasteiger partial charge in [0.15, 0.2) is 5.82 Å². The number of nitriles is 1. The van der Waals surface area contributed by atoms with Gasteiger partial charge in [-0.15, -0.1) is 0 Å². The maximum atomic E-state index is 13.1. The van der Waals surface area contributed by atoms with Crippen molar-refractivity contribution in [3.05, 3.63) is 52.8 Å². The molecule has 1 aliphatic carbocycles. The minimum absolute atomic E-state index is 0.0217. The molecule has 10 nitrogen and oxygen atoms in total. The molecule has 1 aromatic carbocycles. The number of carbonyl (C=O) groups is 1. The molecule has 3 heterocycles. The first-order chi connectivity index (χ1) is 18.3. The Morgan fingerprint density at radius 1 is 1.32 bits per heavy atom. The third-order valence-electron chi connectivity index (χ3n) is 7.50. The smallest absolute Gasteiger partial charge is 0.269 e. The Morgan fingerprint density at radius 2 is 2.11 bits per heavy atom. The Bertz CT molecular complexity index is 1390. The van der Waals surface area contributed by atoms with Gasteiger partial charge in [0.25, 0.3) is 5.91 Å². The number of anilines is 2. The van der Waals surface area contributed by atoms with Gasteiger partial charge >= 0.3 is 0 Å². The van der Waals surface area contributed by atoms with Crippen LogP contribution in [0, 0.1) is 11.3 Å². The number of carbonyl (C=O) groups excluding carboxylic acids is 1. The second-order valence-electron chi connectivity index (χ2n) is 10.6. The highest BCUT2D eigenvalue weighted by Gasteiger charge is 2.35. The summed E-state index contributed by atoms with van der Waals surface area (Å²) in [6, 6.07) is 9.75. The largest absolute Gasteiger partial charge is 0.395 e. The lowest BCUT2D eigenvalue weighted by atomic mass is 9.83. The summed E-state index contributed by atoms with van der Waals surface area (Å²) in [6.07, 6.45) is 4.81. The van der Waals surface area contributed by atoms with Gasteiger partial charge in [-0.2, -0.15) is 10.4 Å². The molecule has 3 aromatic rings. The van der Waals surface area contributed by atoms with Crippen molar-refractivity contribution in [2.75, 3.05) is 25.1 Å². The van der Waals surface area contributed by atoms with Crippen molar-refractivity contribution in [3.63, 3.8) is 0 Å². The molecule has 2 aromatic heterocycles. The molecular formula is C28H33N7O3. The molecule has 0 spiro atoms. The number of aliphatic hydroxyl groups is 1. The van der Waals surface area contributed by atoms with Gasteiger partial charge in [-0.3, -0.25) is 9.48 Å². The zero-order chi connectivity index (χ0) is 26.9. The zero-order valence-corrected chi connectivity index (χ0v) is 22.0. The second-order valence-corrected chi connectivity index (χ2v) is 10.6. The minimum Gasteiger partial charge on any atom is -0.395 e. The Labute approximate surface area is 222 Å². The molecule has 198 valence electrons. The third-order valence-corrected chi connectivity index (χ3v) is 7.50. The van der Waals surface area contributed by atoms with Crippen LogP contribution in [-0.4, -0.2) is 56.6 Å². The van der Waals surface area contributed by atoms with Crippen LogP contribution >= 0.6 is 0 Å². The number of hydrogen-bond donors (Lipinski definition) is 3. The van der Waals surface area contributed by atoms with Crippen LogP contribution in [0.2, 0.25) is 0 Å². The van der Waals surface area contributed by atoms with E-state index in [0.29, 0.717) is 41.9 Å². The van der Waals surface area contributed by atoms with Gasteiger partial charge in [0.05, 0.1) is 23.9 Å². The summed E-state index contributed by atoms with van der Waals surface area (Å²) in [5.74, 6) is 0.624. The van der Waals surface area contributed by atoms with Crippen LogP contribution in [0.5, 0.6) is 0 Å². The number of aliphatic hydroxyl groups excluding tert-OH is 1. The fourth-order valence-corrected chi connectivity index (χ4v) is 5.24. The van der Waals surface area contributed by atoms with Crippen molar-refractivity contribution in [1.29, 1.82) is 5.26 Å². The fourth-order valence-electron chi connectivity index (χ4n) is 5.24. The third kappa shape index (κ3) is 4.99. The first-order valence-electron chi connectivity index (χ1n) is 13.1. The summed E-state index contributed by atoms with van der Waals surface area (Å²) in [7, 11) is 0. The molecule has 1 saturated heterocycles. The minimum atomic E-state index is -0.379. The molecule has 0 bridgehead atoms. The highest BCUT2D eigenvalue weighted by molar-refractivity contribution is 5.93. The highest BCUT2D eigenvalue weighted by Crippen LogP contribution is 2.42. The molecule has 38 heavy (non-hydrogen) atoms. The molecule has 1 aliphatic heterocycles. The maximum absolute atomic E-state index is 13.1. The molecule has 10 heteroatoms. The average Bonchev–Trinajstić information content (AvgIpc) is 3.51. The predicted octanol–water partition coefficient (Wildman–Crippen LogP) is 3.64. The number of aromatic nitrogens is 4. The van der Waals surface area contributed by atoms with Gasteiger partial charge in [-0.05, 0) is 68.9 Å². The van der Waals surface area contributed by atoms with Gasteiger partial charge in [-0.1, -0.05) is 6.92 Å². The normalized spacial score (nSPS) is 19.3. The lowest BCUT2D eigenvalue weighted by Gasteiger charge is -2.23. The van der Waals surface area contributed by atoms with Crippen molar-refractivity contribution in [2.24, 2.45) is 0 Å². The number of rotatable bonds is 7. The Hall–Kier alpha value is -3.81. The number of fused-ring (bicyclic) bond motifs is 1. The maximum Gasteiger partial charge on any atom is 0.269 e. The molecule has 1 unspecified atom stereocenters. The first kappa shape index (κ1) is 25.8. The average molecular weight is 516 g/mol. The van der Waals surface area contributed by atoms with E-state index in [1.807, 2.05) is 32.9 Å². The second kappa shape index (κ2) is 10.5. The van der Waals surface area contributed by atoms with Gasteiger partial charge in [0.1, 0.15) is 5.69 Å². The zero-order valence-electron chi connectivity index (χ0n) is 22.0. The summed E-state index contributed by atoms with van der Waals surface area (Å²) >= 11 is 0. The predicted molar refractivity (Wildman–Crippen MR) is 142 cm³/mol. The fraction of sp³-hybridized carbons (Fsp3) is 0.464. The Morgan fingerprint density at radius 3 is 2.82 bits per heavy atom. The number of hydrogen-bond acceptors (Lipinski definition) is 8. The van der Waals surface area contributed by atoms with Crippen molar-refractivity contribution in [3.8, 4) is 17.3 Å². The van der Waals surface area contributed by atoms with Crippen LogP contribution in [0.15, 0.2) is 30.5 Å². The number of benzene rings is 1. The summed E-state index contributed by atoms with van der Waals surface area (Å²) in [5, 5.41) is 30.6. The van der Waals surface area contributed by atoms with Crippen molar-refractivity contribution in [1.82, 2.24) is 25.1 Å². The van der Waals surface area contributed by atoms with E-state index in [0.717, 1.165) is 42.4 Å². The van der Waals surface area contributed by atoms with Crippen LogP contribution in [0.3, 0.4) is 0 Å². The van der Waals surface area contributed by atoms with E-state index in [2.05, 4.69) is 31.8 Å². The van der Waals surface area contributed by atoms with Gasteiger partial charge < -0.3 is 20.5 Å². The molecule has 1 atom stereocenters. The lowest BCUT2D eigenvalue weighted by molar-refractivity contribution is 0.0690. The summed E-state index contributed by atoms with van der Waals surface area (Å²) < 4.78 is 7.08. The van der Waals surface area contributed by atoms with Gasteiger partial charge in [-0.25, -0.2) is 9.97 Å². The number of amides is 1. The molecule has 1 amide bonds. The summed E-state index contributed by atoms with van der Waals surface area (Å²) in [4.78, 5) is 22.1. The van der Waals surface area contributed by atoms with Crippen LogP contribution in [-0.2, 0) is 16.6 Å². The standard InChI is InChI=1S/C28H33N7O3/c1-17(2)35-24(26(37)31-20-6-10-38-11-7-20)14-25(34-35)33-27-30-9-5-23(32-27)18-12-19(15-29)21-4-8-28(3,16-36)22(21)13-18/h5,9,12-14,17,20,36H,4,6-8,10-11,16H2,1-3H3,(H,31,37)(H,30,32,33,34). The summed E-state index contributed by atoms with van der Waals surface area (Å²) in [6.45, 7) is 7.29. The van der Waals surface area contributed by atoms with E-state index >= 15 is 0 Å². The van der Waals surface area contributed by atoms with E-state index in [1.54, 1.807) is 23.0 Å². The Kier molecular flexibility index (Phi) is 7.15. The van der Waals surface area contributed by atoms with E-state index in [9.17, 15) is 15.2 Å². The molecule has 2 aliphatic rings. The topological polar surface area (TPSA) is 138 Å². The van der Waals surface area contributed by atoms with Crippen molar-refractivity contribution < 1.29 is 14.6 Å². The first-order valence-corrected chi connectivity index (χ1v) is 13.1. The van der Waals surface area contributed by atoms with E-state index in [-0.39, 0.29) is 30.0 Å². The van der Waals surface area contributed by atoms with E-state index in [4.69, 9.17) is 4.74 Å². The van der Waals surface area contributed by atoms with Gasteiger partial charge in [0.2, 0.25) is 5.95 Å². The van der Waals surface area contributed by atoms with E-state index in [1.165, 1.54) is 0 Å². The molecule has 0 radical (unpaired) electrons. The number of nitrogens with zero attached hydrogens (tertiary/aromatic N) is 5. The van der Waals surface area contributed by atoms with Crippen LogP contribution in [0.25, 0.3) is 11.3 Å². The van der Waals surface area contributed by atoms with Crippen molar-refractivity contribution in [2.45, 2.75) is 64.0 Å². The summed E-state index contributed by atoms with van der Waals surface area (Å²) in [5.41, 5.74) is 4.14. The monoisotopic (exact) mass is 515 g/mol. The highest BCUT2D eigenvalue weighted by atomic mass is 16.5. The number of nitrogens with one attached hydrogen (secondary N) is 2. The molecule has 5 rings (SSSR count). The molecule has 3 N–H and O–H groups in total. The van der Waals surface area contributed by atoms with E-state index < -0.39 is 0 Å². The van der Waals surface area contributed by atoms with Crippen LogP contribution in [0.4, 0.5) is 11.8 Å². The SMILES string of the molecule is CC(C)n1nc(Nc2nccc(-c3cc(C#N)c4c(c3)C(C)(CO)CC4)n2)cc1C(=O)NC1CCOCC1. The molecular weight excluding hydrogens is 482 g/mol. The number of ether oxygens (including phenoxy) is 1. The van der Waals surface area contributed by atoms with Crippen molar-refractivity contribution >= 4 is 17.7 Å². The van der Waals surface area contributed by atoms with Crippen LogP contribution < -0.4 is 10.6 Å². The Balaban J connectivity index is 1.41. The van der Waals surface area contributed by atoms with Gasteiger partial charge in [0, 0.05) is 48.5 Å². The lowest BCUT2D eigenvalue weighted by Crippen LogP contribution is -2.39.